The predicted molar refractivity (Wildman–Crippen MR) is 82.7 cm³/mol. The second-order valence-electron chi connectivity index (χ2n) is 4.79. The largest absolute Gasteiger partial charge is 0.352 e. The molecular formula is C17H14FN3O2. The van der Waals surface area contributed by atoms with Gasteiger partial charge >= 0.3 is 0 Å². The highest BCUT2D eigenvalue weighted by atomic mass is 19.1. The lowest BCUT2D eigenvalue weighted by molar-refractivity contribution is -0.126. The van der Waals surface area contributed by atoms with Crippen molar-refractivity contribution in [1.29, 1.82) is 5.26 Å². The minimum atomic E-state index is -0.510. The van der Waals surface area contributed by atoms with Crippen LogP contribution in [0.5, 0.6) is 0 Å². The van der Waals surface area contributed by atoms with Crippen LogP contribution in [0, 0.1) is 17.1 Å². The molecule has 2 aromatic rings. The van der Waals surface area contributed by atoms with Gasteiger partial charge in [-0.05, 0) is 29.8 Å². The van der Waals surface area contributed by atoms with E-state index >= 15 is 0 Å². The number of benzene rings is 2. The summed E-state index contributed by atoms with van der Waals surface area (Å²) in [5.41, 5.74) is 1.42. The number of hydrogen-bond acceptors (Lipinski definition) is 3. The van der Waals surface area contributed by atoms with Crippen molar-refractivity contribution in [2.45, 2.75) is 13.0 Å². The number of nitriles is 1. The summed E-state index contributed by atoms with van der Waals surface area (Å²) in [7, 11) is 0. The Labute approximate surface area is 132 Å². The van der Waals surface area contributed by atoms with Crippen LogP contribution >= 0.6 is 0 Å². The molecule has 0 aliphatic carbocycles. The quantitative estimate of drug-likeness (QED) is 0.832. The van der Waals surface area contributed by atoms with Crippen molar-refractivity contribution < 1.29 is 14.0 Å². The molecule has 0 unspecified atom stereocenters. The number of rotatable bonds is 5. The summed E-state index contributed by atoms with van der Waals surface area (Å²) >= 11 is 0. The molecule has 0 aromatic heterocycles. The molecule has 0 saturated heterocycles. The minimum Gasteiger partial charge on any atom is -0.352 e. The number of nitrogens with one attached hydrogen (secondary N) is 2. The van der Waals surface area contributed by atoms with Gasteiger partial charge in [0.25, 0.3) is 0 Å². The zero-order valence-electron chi connectivity index (χ0n) is 12.2. The Morgan fingerprint density at radius 1 is 1.04 bits per heavy atom. The van der Waals surface area contributed by atoms with E-state index in [0.717, 1.165) is 5.56 Å². The summed E-state index contributed by atoms with van der Waals surface area (Å²) in [5.74, 6) is -1.32. The maximum Gasteiger partial charge on any atom is 0.233 e. The summed E-state index contributed by atoms with van der Waals surface area (Å²) in [6.45, 7) is 0.209. The van der Waals surface area contributed by atoms with E-state index in [1.165, 1.54) is 12.1 Å². The topological polar surface area (TPSA) is 82.0 Å². The molecule has 0 bridgehead atoms. The molecule has 23 heavy (non-hydrogen) atoms. The highest BCUT2D eigenvalue weighted by Gasteiger charge is 2.11. The zero-order chi connectivity index (χ0) is 16.7. The van der Waals surface area contributed by atoms with Crippen LogP contribution in [0.25, 0.3) is 0 Å². The van der Waals surface area contributed by atoms with Crippen LogP contribution in [-0.4, -0.2) is 11.8 Å². The van der Waals surface area contributed by atoms with Gasteiger partial charge in [-0.15, -0.1) is 0 Å². The van der Waals surface area contributed by atoms with Crippen LogP contribution in [0.15, 0.2) is 48.5 Å². The lowest BCUT2D eigenvalue weighted by Crippen LogP contribution is -2.27. The van der Waals surface area contributed by atoms with Crippen molar-refractivity contribution in [3.8, 4) is 6.07 Å². The first kappa shape index (κ1) is 16.2. The van der Waals surface area contributed by atoms with Gasteiger partial charge in [-0.3, -0.25) is 9.59 Å². The summed E-state index contributed by atoms with van der Waals surface area (Å²) < 4.78 is 12.8. The molecule has 0 radical (unpaired) electrons. The molecule has 0 aliphatic heterocycles. The molecule has 6 heteroatoms. The molecule has 2 N–H and O–H groups in total. The second-order valence-corrected chi connectivity index (χ2v) is 4.79. The number of anilines is 1. The lowest BCUT2D eigenvalue weighted by atomic mass is 10.2. The summed E-state index contributed by atoms with van der Waals surface area (Å²) in [6.07, 6.45) is -0.360. The lowest BCUT2D eigenvalue weighted by Gasteiger charge is -2.08. The van der Waals surface area contributed by atoms with Crippen LogP contribution in [0.4, 0.5) is 10.1 Å². The van der Waals surface area contributed by atoms with E-state index in [0.29, 0.717) is 11.3 Å². The van der Waals surface area contributed by atoms with Gasteiger partial charge in [-0.25, -0.2) is 4.39 Å². The predicted octanol–water partition coefficient (Wildman–Crippen LogP) is 2.34. The van der Waals surface area contributed by atoms with Crippen molar-refractivity contribution >= 4 is 17.5 Å². The molecule has 0 atom stereocenters. The molecule has 0 heterocycles. The Morgan fingerprint density at radius 3 is 2.43 bits per heavy atom. The van der Waals surface area contributed by atoms with Crippen molar-refractivity contribution in [3.63, 3.8) is 0 Å². The van der Waals surface area contributed by atoms with Crippen molar-refractivity contribution in [2.24, 2.45) is 0 Å². The molecule has 0 saturated carbocycles. The molecule has 0 fully saturated rings. The van der Waals surface area contributed by atoms with Crippen LogP contribution in [0.2, 0.25) is 0 Å². The van der Waals surface area contributed by atoms with Gasteiger partial charge in [0.2, 0.25) is 11.8 Å². The number of carbonyl (C=O) groups is 2. The standard InChI is InChI=1S/C17H14FN3O2/c18-14-7-5-12(6-8-14)11-20-16(22)9-17(23)21-15-4-2-1-3-13(15)10-19/h1-8H,9,11H2,(H,20,22)(H,21,23). The monoisotopic (exact) mass is 311 g/mol. The number of halogens is 1. The Bertz CT molecular complexity index is 751. The van der Waals surface area contributed by atoms with E-state index in [4.69, 9.17) is 5.26 Å². The SMILES string of the molecule is N#Cc1ccccc1NC(=O)CC(=O)NCc1ccc(F)cc1. The van der Waals surface area contributed by atoms with E-state index in [1.54, 1.807) is 36.4 Å². The van der Waals surface area contributed by atoms with Crippen LogP contribution in [0.3, 0.4) is 0 Å². The van der Waals surface area contributed by atoms with Crippen molar-refractivity contribution in [2.75, 3.05) is 5.32 Å². The maximum atomic E-state index is 12.8. The van der Waals surface area contributed by atoms with E-state index in [2.05, 4.69) is 10.6 Å². The fourth-order valence-electron chi connectivity index (χ4n) is 1.90. The third-order valence-corrected chi connectivity index (χ3v) is 3.05. The first-order chi connectivity index (χ1) is 11.1. The average Bonchev–Trinajstić information content (AvgIpc) is 2.54. The van der Waals surface area contributed by atoms with Gasteiger partial charge in [-0.2, -0.15) is 5.26 Å². The molecular weight excluding hydrogens is 297 g/mol. The fourth-order valence-corrected chi connectivity index (χ4v) is 1.90. The van der Waals surface area contributed by atoms with Gasteiger partial charge in [0.05, 0.1) is 11.3 Å². The first-order valence-corrected chi connectivity index (χ1v) is 6.88. The van der Waals surface area contributed by atoms with Gasteiger partial charge < -0.3 is 10.6 Å². The Kier molecular flexibility index (Phi) is 5.42. The molecule has 0 aliphatic rings. The summed E-state index contributed by atoms with van der Waals surface area (Å²) in [6, 6.07) is 14.2. The average molecular weight is 311 g/mol. The number of para-hydroxylation sites is 1. The smallest absolute Gasteiger partial charge is 0.233 e. The van der Waals surface area contributed by atoms with E-state index < -0.39 is 11.8 Å². The number of hydrogen-bond donors (Lipinski definition) is 2. The molecule has 2 amide bonds. The Morgan fingerprint density at radius 2 is 1.74 bits per heavy atom. The van der Waals surface area contributed by atoms with Crippen molar-refractivity contribution in [3.05, 3.63) is 65.5 Å². The highest BCUT2D eigenvalue weighted by molar-refractivity contribution is 6.04. The third kappa shape index (κ3) is 4.93. The Balaban J connectivity index is 1.84. The number of carbonyl (C=O) groups excluding carboxylic acids is 2. The van der Waals surface area contributed by atoms with Crippen LogP contribution in [-0.2, 0) is 16.1 Å². The second kappa shape index (κ2) is 7.71. The van der Waals surface area contributed by atoms with E-state index in [9.17, 15) is 14.0 Å². The molecule has 2 rings (SSSR count). The fraction of sp³-hybridized carbons (Fsp3) is 0.118. The number of nitrogens with zero attached hydrogens (tertiary/aromatic N) is 1. The van der Waals surface area contributed by atoms with E-state index in [1.807, 2.05) is 6.07 Å². The zero-order valence-corrected chi connectivity index (χ0v) is 12.2. The van der Waals surface area contributed by atoms with Crippen LogP contribution in [0.1, 0.15) is 17.5 Å². The van der Waals surface area contributed by atoms with Gasteiger partial charge in [0.1, 0.15) is 18.3 Å². The molecule has 0 spiro atoms. The van der Waals surface area contributed by atoms with Gasteiger partial charge in [0, 0.05) is 6.54 Å². The maximum absolute atomic E-state index is 12.8. The van der Waals surface area contributed by atoms with Gasteiger partial charge in [-0.1, -0.05) is 24.3 Å². The molecule has 116 valence electrons. The first-order valence-electron chi connectivity index (χ1n) is 6.88. The normalized spacial score (nSPS) is 9.74. The summed E-state index contributed by atoms with van der Waals surface area (Å²) in [5, 5.41) is 14.0. The minimum absolute atomic E-state index is 0.209. The third-order valence-electron chi connectivity index (χ3n) is 3.05. The Hall–Kier alpha value is -3.20. The van der Waals surface area contributed by atoms with Gasteiger partial charge in [0.15, 0.2) is 0 Å². The van der Waals surface area contributed by atoms with E-state index in [-0.39, 0.29) is 18.8 Å². The molecule has 2 aromatic carbocycles. The van der Waals surface area contributed by atoms with Crippen molar-refractivity contribution in [1.82, 2.24) is 5.32 Å². The molecule has 5 nitrogen and oxygen atoms in total. The number of amides is 2. The van der Waals surface area contributed by atoms with Crippen LogP contribution < -0.4 is 10.6 Å². The highest BCUT2D eigenvalue weighted by Crippen LogP contribution is 2.13. The summed E-state index contributed by atoms with van der Waals surface area (Å²) in [4.78, 5) is 23.5.